The normalized spacial score (nSPS) is 17.3. The molecule has 2 aromatic rings. The van der Waals surface area contributed by atoms with Crippen LogP contribution in [0, 0.1) is 5.82 Å². The standard InChI is InChI=1S/C21H24FN3O5/c1-2-30-19(26)12-23-5-7-24(8-6-23)18-10-17-14(9-16(18)22)20(27)15(21(28)29)11-25(17)13-3-4-13/h9-11,13H,2-8,12H2,1H3,(H,28,29). The summed E-state index contributed by atoms with van der Waals surface area (Å²) in [5.41, 5.74) is -0.0683. The number of esters is 1. The van der Waals surface area contributed by atoms with Gasteiger partial charge in [-0.15, -0.1) is 0 Å². The van der Waals surface area contributed by atoms with Crippen molar-refractivity contribution < 1.29 is 23.8 Å². The number of benzene rings is 1. The summed E-state index contributed by atoms with van der Waals surface area (Å²) in [6, 6.07) is 2.94. The summed E-state index contributed by atoms with van der Waals surface area (Å²) in [4.78, 5) is 39.6. The van der Waals surface area contributed by atoms with Crippen LogP contribution in [-0.2, 0) is 9.53 Å². The van der Waals surface area contributed by atoms with Gasteiger partial charge in [-0.1, -0.05) is 0 Å². The SMILES string of the molecule is CCOC(=O)CN1CCN(c2cc3c(cc2F)c(=O)c(C(=O)O)cn3C2CC2)CC1. The Kier molecular flexibility index (Phi) is 5.46. The van der Waals surface area contributed by atoms with Gasteiger partial charge in [0.15, 0.2) is 0 Å². The Morgan fingerprint density at radius 2 is 1.90 bits per heavy atom. The van der Waals surface area contributed by atoms with Gasteiger partial charge in [0.25, 0.3) is 0 Å². The van der Waals surface area contributed by atoms with Gasteiger partial charge in [0.2, 0.25) is 5.43 Å². The molecule has 0 unspecified atom stereocenters. The summed E-state index contributed by atoms with van der Waals surface area (Å²) < 4.78 is 21.7. The summed E-state index contributed by atoms with van der Waals surface area (Å²) in [6.45, 7) is 4.55. The number of hydrogen-bond acceptors (Lipinski definition) is 6. The molecular formula is C21H24FN3O5. The molecule has 4 rings (SSSR count). The summed E-state index contributed by atoms with van der Waals surface area (Å²) in [7, 11) is 0. The highest BCUT2D eigenvalue weighted by Gasteiger charge is 2.28. The number of carboxylic acid groups (broad SMARTS) is 1. The zero-order valence-corrected chi connectivity index (χ0v) is 16.8. The van der Waals surface area contributed by atoms with Crippen molar-refractivity contribution >= 4 is 28.5 Å². The third-order valence-electron chi connectivity index (χ3n) is 5.64. The molecule has 9 heteroatoms. The summed E-state index contributed by atoms with van der Waals surface area (Å²) in [6.07, 6.45) is 3.18. The minimum absolute atomic E-state index is 0.0870. The molecule has 1 aliphatic heterocycles. The van der Waals surface area contributed by atoms with Crippen molar-refractivity contribution in [3.05, 3.63) is 39.9 Å². The number of rotatable bonds is 6. The zero-order chi connectivity index (χ0) is 21.4. The van der Waals surface area contributed by atoms with Crippen LogP contribution in [0.15, 0.2) is 23.1 Å². The fraction of sp³-hybridized carbons (Fsp3) is 0.476. The number of fused-ring (bicyclic) bond motifs is 1. The average molecular weight is 417 g/mol. The lowest BCUT2D eigenvalue weighted by atomic mass is 10.1. The number of pyridine rings is 1. The number of halogens is 1. The average Bonchev–Trinajstić information content (AvgIpc) is 3.54. The van der Waals surface area contributed by atoms with Crippen molar-refractivity contribution in [2.75, 3.05) is 44.2 Å². The molecule has 30 heavy (non-hydrogen) atoms. The predicted octanol–water partition coefficient (Wildman–Crippen LogP) is 1.86. The van der Waals surface area contributed by atoms with Gasteiger partial charge < -0.3 is 19.3 Å². The van der Waals surface area contributed by atoms with Gasteiger partial charge in [0.1, 0.15) is 11.4 Å². The smallest absolute Gasteiger partial charge is 0.341 e. The Balaban J connectivity index is 1.63. The maximum atomic E-state index is 14.9. The van der Waals surface area contributed by atoms with Crippen LogP contribution in [0.3, 0.4) is 0 Å². The Morgan fingerprint density at radius 3 is 2.50 bits per heavy atom. The predicted molar refractivity (Wildman–Crippen MR) is 109 cm³/mol. The molecule has 1 saturated heterocycles. The number of carbonyl (C=O) groups is 2. The Labute approximate surface area is 172 Å². The first kappa shape index (κ1) is 20.3. The molecule has 1 N–H and O–H groups in total. The number of anilines is 1. The molecule has 2 heterocycles. The second kappa shape index (κ2) is 8.06. The number of aromatic carboxylic acids is 1. The van der Waals surface area contributed by atoms with Gasteiger partial charge in [-0.05, 0) is 31.9 Å². The summed E-state index contributed by atoms with van der Waals surface area (Å²) in [5.74, 6) is -2.13. The molecule has 160 valence electrons. The van der Waals surface area contributed by atoms with Crippen molar-refractivity contribution in [3.63, 3.8) is 0 Å². The first-order valence-corrected chi connectivity index (χ1v) is 10.1. The number of hydrogen-bond donors (Lipinski definition) is 1. The van der Waals surface area contributed by atoms with E-state index >= 15 is 0 Å². The Morgan fingerprint density at radius 1 is 1.20 bits per heavy atom. The molecule has 2 aliphatic rings. The van der Waals surface area contributed by atoms with Crippen LogP contribution >= 0.6 is 0 Å². The largest absolute Gasteiger partial charge is 0.477 e. The van der Waals surface area contributed by atoms with Gasteiger partial charge in [0, 0.05) is 43.8 Å². The van der Waals surface area contributed by atoms with Crippen LogP contribution in [0.25, 0.3) is 10.9 Å². The Hall–Kier alpha value is -2.94. The fourth-order valence-electron chi connectivity index (χ4n) is 3.94. The third kappa shape index (κ3) is 3.89. The van der Waals surface area contributed by atoms with E-state index in [1.807, 2.05) is 9.80 Å². The van der Waals surface area contributed by atoms with E-state index < -0.39 is 17.2 Å². The molecular weight excluding hydrogens is 393 g/mol. The first-order valence-electron chi connectivity index (χ1n) is 10.1. The highest BCUT2D eigenvalue weighted by Crippen LogP contribution is 2.38. The first-order chi connectivity index (χ1) is 14.4. The van der Waals surface area contributed by atoms with Crippen molar-refractivity contribution in [2.24, 2.45) is 0 Å². The topological polar surface area (TPSA) is 92.1 Å². The molecule has 0 spiro atoms. The number of carbonyl (C=O) groups excluding carboxylic acids is 1. The van der Waals surface area contributed by atoms with Crippen LogP contribution in [0.1, 0.15) is 36.2 Å². The zero-order valence-electron chi connectivity index (χ0n) is 16.8. The third-order valence-corrected chi connectivity index (χ3v) is 5.64. The van der Waals surface area contributed by atoms with Crippen LogP contribution in [0.2, 0.25) is 0 Å². The van der Waals surface area contributed by atoms with Crippen molar-refractivity contribution in [1.82, 2.24) is 9.47 Å². The van der Waals surface area contributed by atoms with E-state index in [0.717, 1.165) is 18.9 Å². The Bertz CT molecular complexity index is 1050. The highest BCUT2D eigenvalue weighted by molar-refractivity contribution is 5.93. The highest BCUT2D eigenvalue weighted by atomic mass is 19.1. The van der Waals surface area contributed by atoms with E-state index in [9.17, 15) is 23.9 Å². The quantitative estimate of drug-likeness (QED) is 0.718. The van der Waals surface area contributed by atoms with Crippen LogP contribution in [-0.4, -0.2) is 65.8 Å². The van der Waals surface area contributed by atoms with Gasteiger partial charge in [-0.2, -0.15) is 0 Å². The van der Waals surface area contributed by atoms with Crippen LogP contribution in [0.5, 0.6) is 0 Å². The van der Waals surface area contributed by atoms with Gasteiger partial charge >= 0.3 is 11.9 Å². The monoisotopic (exact) mass is 417 g/mol. The molecule has 0 bridgehead atoms. The lowest BCUT2D eigenvalue weighted by Gasteiger charge is -2.35. The van der Waals surface area contributed by atoms with E-state index in [2.05, 4.69) is 0 Å². The number of aromatic nitrogens is 1. The van der Waals surface area contributed by atoms with Gasteiger partial charge in [0.05, 0.1) is 24.4 Å². The minimum atomic E-state index is -1.31. The number of carboxylic acids is 1. The molecule has 8 nitrogen and oxygen atoms in total. The van der Waals surface area contributed by atoms with Crippen LogP contribution in [0.4, 0.5) is 10.1 Å². The second-order valence-electron chi connectivity index (χ2n) is 7.70. The van der Waals surface area contributed by atoms with E-state index in [1.165, 1.54) is 6.20 Å². The number of ether oxygens (including phenoxy) is 1. The molecule has 1 saturated carbocycles. The van der Waals surface area contributed by atoms with Gasteiger partial charge in [-0.25, -0.2) is 9.18 Å². The molecule has 1 aliphatic carbocycles. The van der Waals surface area contributed by atoms with Crippen molar-refractivity contribution in [1.29, 1.82) is 0 Å². The number of piperazine rings is 1. The maximum absolute atomic E-state index is 14.9. The van der Waals surface area contributed by atoms with Crippen molar-refractivity contribution in [2.45, 2.75) is 25.8 Å². The van der Waals surface area contributed by atoms with E-state index in [4.69, 9.17) is 4.74 Å². The van der Waals surface area contributed by atoms with E-state index in [-0.39, 0.29) is 29.5 Å². The molecule has 0 atom stereocenters. The van der Waals surface area contributed by atoms with E-state index in [1.54, 1.807) is 17.6 Å². The molecule has 0 amide bonds. The fourth-order valence-corrected chi connectivity index (χ4v) is 3.94. The second-order valence-corrected chi connectivity index (χ2v) is 7.70. The molecule has 0 radical (unpaired) electrons. The van der Waals surface area contributed by atoms with Crippen LogP contribution < -0.4 is 10.3 Å². The molecule has 2 fully saturated rings. The molecule has 1 aromatic heterocycles. The summed E-state index contributed by atoms with van der Waals surface area (Å²) in [5, 5.41) is 9.43. The minimum Gasteiger partial charge on any atom is -0.477 e. The number of nitrogens with zero attached hydrogens (tertiary/aromatic N) is 3. The summed E-state index contributed by atoms with van der Waals surface area (Å²) >= 11 is 0. The van der Waals surface area contributed by atoms with Gasteiger partial charge in [-0.3, -0.25) is 14.5 Å². The van der Waals surface area contributed by atoms with E-state index in [0.29, 0.717) is 44.0 Å². The lowest BCUT2D eigenvalue weighted by Crippen LogP contribution is -2.48. The molecule has 1 aromatic carbocycles. The maximum Gasteiger partial charge on any atom is 0.341 e. The van der Waals surface area contributed by atoms with Crippen molar-refractivity contribution in [3.8, 4) is 0 Å². The lowest BCUT2D eigenvalue weighted by molar-refractivity contribution is -0.144.